The van der Waals surface area contributed by atoms with Gasteiger partial charge in [0.05, 0.1) is 0 Å². The number of nitrogens with zero attached hydrogens (tertiary/aromatic N) is 4. The molecule has 3 aromatic heterocycles. The van der Waals surface area contributed by atoms with Crippen molar-refractivity contribution in [2.75, 3.05) is 7.05 Å². The number of fused-ring (bicyclic) bond motifs is 4. The Morgan fingerprint density at radius 2 is 1.67 bits per heavy atom. The van der Waals surface area contributed by atoms with Gasteiger partial charge < -0.3 is 9.40 Å². The first-order valence-electron chi connectivity index (χ1n) is 12.5. The molecule has 6 aromatic rings. The van der Waals surface area contributed by atoms with Crippen molar-refractivity contribution in [2.24, 2.45) is 0 Å². The minimum atomic E-state index is 0. The van der Waals surface area contributed by atoms with E-state index in [1.807, 2.05) is 58.8 Å². The molecule has 193 valence electrons. The fourth-order valence-electron chi connectivity index (χ4n) is 4.47. The molecule has 7 rings (SSSR count). The number of aryl methyl sites for hydroxylation is 3. The monoisotopic (exact) mass is 687 g/mol. The van der Waals surface area contributed by atoms with Crippen LogP contribution >= 0.6 is 0 Å². The summed E-state index contributed by atoms with van der Waals surface area (Å²) in [6.45, 7) is 6.24. The van der Waals surface area contributed by atoms with Crippen LogP contribution in [0.4, 0.5) is 17.1 Å². The zero-order chi connectivity index (χ0) is 26.2. The molecule has 0 fully saturated rings. The molecule has 1 aliphatic heterocycles. The Balaban J connectivity index is 0.000000169. The number of furan rings is 1. The third kappa shape index (κ3) is 5.10. The topological polar surface area (TPSA) is 44.9 Å². The van der Waals surface area contributed by atoms with Crippen LogP contribution in [0.25, 0.3) is 33.3 Å². The molecule has 0 N–H and O–H groups in total. The fourth-order valence-corrected chi connectivity index (χ4v) is 4.47. The Kier molecular flexibility index (Phi) is 7.36. The summed E-state index contributed by atoms with van der Waals surface area (Å²) in [5.41, 5.74) is 10.2. The van der Waals surface area contributed by atoms with Crippen molar-refractivity contribution in [3.05, 3.63) is 114 Å². The van der Waals surface area contributed by atoms with Gasteiger partial charge in [0.1, 0.15) is 5.69 Å². The first-order chi connectivity index (χ1) is 18.5. The molecule has 3 aromatic carbocycles. The summed E-state index contributed by atoms with van der Waals surface area (Å²) in [7, 11) is 1.99. The van der Waals surface area contributed by atoms with E-state index in [1.54, 1.807) is 6.20 Å². The van der Waals surface area contributed by atoms with Gasteiger partial charge in [0.25, 0.3) is 11.4 Å². The molecule has 0 spiro atoms. The SMILES string of the molecule is C[N+]1=C=[N+](c2[c-]c3oc4ncccc4c3cc2)c2ccccc21.Cc1c[c-]c(-c2cc(C)c(C)cn2)cc1.[Ir]. The van der Waals surface area contributed by atoms with Crippen LogP contribution in [0.5, 0.6) is 0 Å². The molecule has 1 aliphatic rings. The molecule has 6 heteroatoms. The molecule has 0 saturated heterocycles. The predicted octanol–water partition coefficient (Wildman–Crippen LogP) is 7.55. The van der Waals surface area contributed by atoms with E-state index < -0.39 is 0 Å². The Morgan fingerprint density at radius 3 is 2.44 bits per heavy atom. The van der Waals surface area contributed by atoms with Crippen LogP contribution in [0, 0.1) is 32.9 Å². The Hall–Kier alpha value is -4.21. The number of rotatable bonds is 2. The molecular formula is C33H26IrN4O. The summed E-state index contributed by atoms with van der Waals surface area (Å²) in [6, 6.07) is 34.4. The Bertz CT molecular complexity index is 1900. The van der Waals surface area contributed by atoms with Crippen LogP contribution in [0.15, 0.2) is 89.6 Å². The molecule has 5 nitrogen and oxygen atoms in total. The van der Waals surface area contributed by atoms with Crippen LogP contribution in [-0.2, 0) is 20.1 Å². The van der Waals surface area contributed by atoms with E-state index in [2.05, 4.69) is 85.3 Å². The van der Waals surface area contributed by atoms with E-state index in [0.29, 0.717) is 11.3 Å². The Labute approximate surface area is 241 Å². The normalized spacial score (nSPS) is 11.8. The van der Waals surface area contributed by atoms with Crippen LogP contribution in [0.3, 0.4) is 0 Å². The number of aromatic nitrogens is 2. The van der Waals surface area contributed by atoms with Crippen molar-refractivity contribution in [2.45, 2.75) is 20.8 Å². The van der Waals surface area contributed by atoms with Gasteiger partial charge >= 0.3 is 6.01 Å². The maximum Gasteiger partial charge on any atom is 0.494 e. The fraction of sp³-hybridized carbons (Fsp3) is 0.121. The summed E-state index contributed by atoms with van der Waals surface area (Å²) in [6.07, 6.45) is 3.65. The summed E-state index contributed by atoms with van der Waals surface area (Å²) in [4.78, 5) is 8.68. The van der Waals surface area contributed by atoms with Gasteiger partial charge in [-0.05, 0) is 36.6 Å². The molecule has 1 radical (unpaired) electrons. The van der Waals surface area contributed by atoms with Crippen molar-refractivity contribution in [3.8, 4) is 11.3 Å². The molecule has 0 aliphatic carbocycles. The second-order valence-electron chi connectivity index (χ2n) is 9.46. The number of hydrogen-bond donors (Lipinski definition) is 0. The van der Waals surface area contributed by atoms with E-state index >= 15 is 0 Å². The number of hydrogen-bond acceptors (Lipinski definition) is 3. The Morgan fingerprint density at radius 1 is 0.846 bits per heavy atom. The zero-order valence-corrected chi connectivity index (χ0v) is 24.5. The van der Waals surface area contributed by atoms with E-state index in [1.165, 1.54) is 16.7 Å². The molecule has 0 amide bonds. The first-order valence-corrected chi connectivity index (χ1v) is 12.5. The van der Waals surface area contributed by atoms with Crippen molar-refractivity contribution < 1.29 is 29.1 Å². The molecule has 39 heavy (non-hydrogen) atoms. The van der Waals surface area contributed by atoms with Crippen molar-refractivity contribution in [1.82, 2.24) is 14.5 Å². The standard InChI is InChI=1S/C19H12N3O.C14H14N.Ir/c1-21-12-22(17-7-3-2-6-16(17)21)13-8-9-14-15-5-4-10-20-19(15)23-18(14)11-13;1-10-4-6-13(7-5-10)14-8-11(2)12(3)9-15-14;/h2-10H,1H3;4-6,8-9H,1-3H3;/q+1;-1;. The van der Waals surface area contributed by atoms with Gasteiger partial charge in [-0.3, -0.25) is 0 Å². The van der Waals surface area contributed by atoms with E-state index in [-0.39, 0.29) is 20.1 Å². The maximum atomic E-state index is 5.83. The summed E-state index contributed by atoms with van der Waals surface area (Å²) >= 11 is 0. The molecule has 0 atom stereocenters. The zero-order valence-electron chi connectivity index (χ0n) is 22.1. The van der Waals surface area contributed by atoms with Crippen molar-refractivity contribution >= 4 is 45.1 Å². The first kappa shape index (κ1) is 26.4. The van der Waals surface area contributed by atoms with Gasteiger partial charge in [0.2, 0.25) is 5.71 Å². The van der Waals surface area contributed by atoms with E-state index in [9.17, 15) is 0 Å². The van der Waals surface area contributed by atoms with Gasteiger partial charge in [0, 0.05) is 50.2 Å². The summed E-state index contributed by atoms with van der Waals surface area (Å²) in [5.74, 6) is 0. The van der Waals surface area contributed by atoms with Gasteiger partial charge in [0.15, 0.2) is 7.05 Å². The van der Waals surface area contributed by atoms with Gasteiger partial charge in [-0.25, -0.2) is 4.98 Å². The third-order valence-corrected chi connectivity index (χ3v) is 6.75. The van der Waals surface area contributed by atoms with Crippen molar-refractivity contribution in [1.29, 1.82) is 0 Å². The van der Waals surface area contributed by atoms with Crippen LogP contribution < -0.4 is 4.58 Å². The number of pyridine rings is 2. The number of para-hydroxylation sites is 2. The van der Waals surface area contributed by atoms with Crippen molar-refractivity contribution in [3.63, 3.8) is 0 Å². The second kappa shape index (κ2) is 10.9. The smallest absolute Gasteiger partial charge is 0.465 e. The van der Waals surface area contributed by atoms with Crippen LogP contribution in [0.2, 0.25) is 0 Å². The summed E-state index contributed by atoms with van der Waals surface area (Å²) < 4.78 is 9.81. The quantitative estimate of drug-likeness (QED) is 0.140. The second-order valence-corrected chi connectivity index (χ2v) is 9.46. The van der Waals surface area contributed by atoms with Gasteiger partial charge in [-0.2, -0.15) is 6.07 Å². The van der Waals surface area contributed by atoms with E-state index in [0.717, 1.165) is 39.1 Å². The summed E-state index contributed by atoms with van der Waals surface area (Å²) in [5, 5.41) is 2.04. The minimum absolute atomic E-state index is 0. The molecule has 4 heterocycles. The van der Waals surface area contributed by atoms with Gasteiger partial charge in [-0.15, -0.1) is 35.4 Å². The average Bonchev–Trinajstić information content (AvgIpc) is 3.48. The van der Waals surface area contributed by atoms with Gasteiger partial charge in [-0.1, -0.05) is 63.4 Å². The number of benzene rings is 3. The van der Waals surface area contributed by atoms with Crippen LogP contribution in [0.1, 0.15) is 16.7 Å². The molecule has 0 bridgehead atoms. The average molecular weight is 687 g/mol. The molecular weight excluding hydrogens is 661 g/mol. The largest absolute Gasteiger partial charge is 0.494 e. The van der Waals surface area contributed by atoms with Crippen LogP contribution in [-0.4, -0.2) is 27.6 Å². The molecule has 0 unspecified atom stereocenters. The minimum Gasteiger partial charge on any atom is -0.465 e. The molecule has 0 saturated carbocycles. The predicted molar refractivity (Wildman–Crippen MR) is 152 cm³/mol. The maximum absolute atomic E-state index is 5.83. The third-order valence-electron chi connectivity index (χ3n) is 6.75. The van der Waals surface area contributed by atoms with E-state index in [4.69, 9.17) is 4.42 Å².